The molecular weight excluding hydrogens is 258 g/mol. The lowest BCUT2D eigenvalue weighted by atomic mass is 9.91. The second-order valence-corrected chi connectivity index (χ2v) is 6.51. The van der Waals surface area contributed by atoms with E-state index in [1.54, 1.807) is 11.3 Å². The molecule has 0 atom stereocenters. The molecule has 1 N–H and O–H groups in total. The summed E-state index contributed by atoms with van der Waals surface area (Å²) in [6.45, 7) is 4.76. The van der Waals surface area contributed by atoms with E-state index in [4.69, 9.17) is 5.11 Å². The smallest absolute Gasteiger partial charge is 0.264 e. The van der Waals surface area contributed by atoms with E-state index in [-0.39, 0.29) is 12.5 Å². The first-order valence-electron chi connectivity index (χ1n) is 7.18. The molecule has 1 aromatic rings. The lowest BCUT2D eigenvalue weighted by molar-refractivity contribution is 0.0530. The number of thiophene rings is 1. The van der Waals surface area contributed by atoms with Crippen molar-refractivity contribution >= 4 is 17.2 Å². The molecule has 1 aromatic heterocycles. The van der Waals surface area contributed by atoms with E-state index in [1.807, 2.05) is 4.90 Å². The first-order chi connectivity index (χ1) is 9.17. The van der Waals surface area contributed by atoms with Gasteiger partial charge in [-0.1, -0.05) is 13.3 Å². The Morgan fingerprint density at radius 2 is 2.26 bits per heavy atom. The van der Waals surface area contributed by atoms with E-state index in [0.717, 1.165) is 30.6 Å². The van der Waals surface area contributed by atoms with Gasteiger partial charge in [0.25, 0.3) is 5.91 Å². The minimum Gasteiger partial charge on any atom is -0.395 e. The van der Waals surface area contributed by atoms with E-state index in [1.165, 1.54) is 16.9 Å². The summed E-state index contributed by atoms with van der Waals surface area (Å²) in [5.74, 6) is 0.106. The average molecular weight is 281 g/mol. The number of hydrogen-bond acceptors (Lipinski definition) is 3. The van der Waals surface area contributed by atoms with Gasteiger partial charge < -0.3 is 10.0 Å². The summed E-state index contributed by atoms with van der Waals surface area (Å²) < 4.78 is 0. The maximum Gasteiger partial charge on any atom is 0.264 e. The van der Waals surface area contributed by atoms with Gasteiger partial charge in [-0.2, -0.15) is 0 Å². The van der Waals surface area contributed by atoms with E-state index in [0.29, 0.717) is 12.6 Å². The van der Waals surface area contributed by atoms with Crippen LogP contribution in [0.4, 0.5) is 0 Å². The number of carbonyl (C=O) groups is 1. The Morgan fingerprint density at radius 1 is 1.53 bits per heavy atom. The van der Waals surface area contributed by atoms with Gasteiger partial charge in [0.1, 0.15) is 0 Å². The molecule has 2 rings (SSSR count). The zero-order valence-electron chi connectivity index (χ0n) is 11.8. The van der Waals surface area contributed by atoms with Crippen molar-refractivity contribution in [2.24, 2.45) is 0 Å². The van der Waals surface area contributed by atoms with Crippen LogP contribution in [-0.4, -0.2) is 35.1 Å². The van der Waals surface area contributed by atoms with E-state index in [2.05, 4.69) is 19.9 Å². The third-order valence-electron chi connectivity index (χ3n) is 3.87. The van der Waals surface area contributed by atoms with Crippen molar-refractivity contribution < 1.29 is 9.90 Å². The summed E-state index contributed by atoms with van der Waals surface area (Å²) in [5.41, 5.74) is 1.30. The molecule has 0 saturated heterocycles. The van der Waals surface area contributed by atoms with Gasteiger partial charge in [0.05, 0.1) is 11.5 Å². The second-order valence-electron chi connectivity index (χ2n) is 5.25. The van der Waals surface area contributed by atoms with Gasteiger partial charge in [0.15, 0.2) is 0 Å². The molecule has 106 valence electrons. The van der Waals surface area contributed by atoms with Crippen LogP contribution in [0, 0.1) is 6.92 Å². The number of aryl methyl sites for hydroxylation is 2. The topological polar surface area (TPSA) is 40.5 Å². The molecule has 4 heteroatoms. The predicted octanol–water partition coefficient (Wildman–Crippen LogP) is 3.00. The molecular formula is C15H23NO2S. The minimum atomic E-state index is 0.0500. The molecule has 1 fully saturated rings. The number of rotatable bonds is 6. The molecule has 0 aromatic carbocycles. The van der Waals surface area contributed by atoms with Gasteiger partial charge >= 0.3 is 0 Å². The standard InChI is InChI=1S/C15H23NO2S/c1-3-5-12-10-14(19-11(12)2)15(18)16(8-9-17)13-6-4-7-13/h10,13,17H,3-9H2,1-2H3. The van der Waals surface area contributed by atoms with Crippen molar-refractivity contribution in [1.82, 2.24) is 4.90 Å². The van der Waals surface area contributed by atoms with Crippen LogP contribution in [0.3, 0.4) is 0 Å². The van der Waals surface area contributed by atoms with Crippen molar-refractivity contribution in [3.05, 3.63) is 21.4 Å². The molecule has 0 spiro atoms. The highest BCUT2D eigenvalue weighted by atomic mass is 32.1. The fourth-order valence-electron chi connectivity index (χ4n) is 2.54. The van der Waals surface area contributed by atoms with Gasteiger partial charge in [0, 0.05) is 17.5 Å². The SMILES string of the molecule is CCCc1cc(C(=O)N(CCO)C2CCC2)sc1C. The second kappa shape index (κ2) is 6.53. The fourth-order valence-corrected chi connectivity index (χ4v) is 3.57. The van der Waals surface area contributed by atoms with E-state index < -0.39 is 0 Å². The Bertz CT molecular complexity index is 437. The van der Waals surface area contributed by atoms with Crippen LogP contribution in [-0.2, 0) is 6.42 Å². The number of aliphatic hydroxyl groups is 1. The average Bonchev–Trinajstić information content (AvgIpc) is 2.68. The van der Waals surface area contributed by atoms with Gasteiger partial charge in [0.2, 0.25) is 0 Å². The molecule has 0 aliphatic heterocycles. The van der Waals surface area contributed by atoms with Gasteiger partial charge in [-0.05, 0) is 44.2 Å². The highest BCUT2D eigenvalue weighted by molar-refractivity contribution is 7.14. The van der Waals surface area contributed by atoms with Crippen LogP contribution < -0.4 is 0 Å². The monoisotopic (exact) mass is 281 g/mol. The quantitative estimate of drug-likeness (QED) is 0.871. The van der Waals surface area contributed by atoms with Crippen molar-refractivity contribution in [3.63, 3.8) is 0 Å². The molecule has 3 nitrogen and oxygen atoms in total. The lowest BCUT2D eigenvalue weighted by Gasteiger charge is -2.37. The van der Waals surface area contributed by atoms with Crippen LogP contribution in [0.2, 0.25) is 0 Å². The molecule has 0 bridgehead atoms. The summed E-state index contributed by atoms with van der Waals surface area (Å²) in [5, 5.41) is 9.15. The van der Waals surface area contributed by atoms with Crippen molar-refractivity contribution in [2.45, 2.75) is 52.0 Å². The van der Waals surface area contributed by atoms with Crippen LogP contribution in [0.5, 0.6) is 0 Å². The van der Waals surface area contributed by atoms with Gasteiger partial charge in [-0.15, -0.1) is 11.3 Å². The number of nitrogens with zero attached hydrogens (tertiary/aromatic N) is 1. The Labute approximate surface area is 119 Å². The Morgan fingerprint density at radius 3 is 2.79 bits per heavy atom. The third-order valence-corrected chi connectivity index (χ3v) is 4.95. The Kier molecular flexibility index (Phi) is 4.99. The molecule has 19 heavy (non-hydrogen) atoms. The molecule has 1 amide bonds. The molecule has 1 heterocycles. The van der Waals surface area contributed by atoms with Crippen molar-refractivity contribution in [3.8, 4) is 0 Å². The number of hydrogen-bond donors (Lipinski definition) is 1. The molecule has 1 saturated carbocycles. The molecule has 0 unspecified atom stereocenters. The molecule has 0 radical (unpaired) electrons. The molecule has 1 aliphatic rings. The summed E-state index contributed by atoms with van der Waals surface area (Å²) in [7, 11) is 0. The van der Waals surface area contributed by atoms with Crippen LogP contribution >= 0.6 is 11.3 Å². The maximum atomic E-state index is 12.6. The lowest BCUT2D eigenvalue weighted by Crippen LogP contribution is -2.45. The summed E-state index contributed by atoms with van der Waals surface area (Å²) in [4.78, 5) is 16.5. The zero-order chi connectivity index (χ0) is 13.8. The largest absolute Gasteiger partial charge is 0.395 e. The predicted molar refractivity (Wildman–Crippen MR) is 78.8 cm³/mol. The highest BCUT2D eigenvalue weighted by Gasteiger charge is 2.29. The van der Waals surface area contributed by atoms with Crippen LogP contribution in [0.1, 0.15) is 52.7 Å². The Hall–Kier alpha value is -0.870. The summed E-state index contributed by atoms with van der Waals surface area (Å²) >= 11 is 1.60. The first-order valence-corrected chi connectivity index (χ1v) is 8.00. The van der Waals surface area contributed by atoms with Gasteiger partial charge in [-0.3, -0.25) is 4.79 Å². The van der Waals surface area contributed by atoms with Crippen LogP contribution in [0.15, 0.2) is 6.07 Å². The van der Waals surface area contributed by atoms with Crippen molar-refractivity contribution in [1.29, 1.82) is 0 Å². The normalized spacial score (nSPS) is 15.3. The summed E-state index contributed by atoms with van der Waals surface area (Å²) in [6, 6.07) is 2.39. The first kappa shape index (κ1) is 14.5. The van der Waals surface area contributed by atoms with Crippen LogP contribution in [0.25, 0.3) is 0 Å². The number of amides is 1. The molecule has 1 aliphatic carbocycles. The van der Waals surface area contributed by atoms with Crippen molar-refractivity contribution in [2.75, 3.05) is 13.2 Å². The minimum absolute atomic E-state index is 0.0500. The summed E-state index contributed by atoms with van der Waals surface area (Å²) in [6.07, 6.45) is 5.51. The van der Waals surface area contributed by atoms with Gasteiger partial charge in [-0.25, -0.2) is 0 Å². The maximum absolute atomic E-state index is 12.6. The van der Waals surface area contributed by atoms with E-state index >= 15 is 0 Å². The van der Waals surface area contributed by atoms with E-state index in [9.17, 15) is 4.79 Å². The third kappa shape index (κ3) is 3.18. The number of carbonyl (C=O) groups excluding carboxylic acids is 1. The Balaban J connectivity index is 2.13. The fraction of sp³-hybridized carbons (Fsp3) is 0.667. The zero-order valence-corrected chi connectivity index (χ0v) is 12.6. The number of aliphatic hydroxyl groups excluding tert-OH is 1. The highest BCUT2D eigenvalue weighted by Crippen LogP contribution is 2.29.